The summed E-state index contributed by atoms with van der Waals surface area (Å²) >= 11 is 0. The van der Waals surface area contributed by atoms with E-state index in [1.807, 2.05) is 39.0 Å². The summed E-state index contributed by atoms with van der Waals surface area (Å²) in [6.45, 7) is 6.93. The van der Waals surface area contributed by atoms with Crippen molar-refractivity contribution in [3.05, 3.63) is 48.0 Å². The fourth-order valence-corrected chi connectivity index (χ4v) is 4.52. The number of fused-ring (bicyclic) bond motifs is 1. The Labute approximate surface area is 202 Å². The average molecular weight is 491 g/mol. The smallest absolute Gasteiger partial charge is 0.444 e. The molecule has 0 aromatic heterocycles. The van der Waals surface area contributed by atoms with Gasteiger partial charge in [-0.05, 0) is 74.9 Å². The second-order valence-electron chi connectivity index (χ2n) is 9.90. The second-order valence-corrected chi connectivity index (χ2v) is 9.90. The summed E-state index contributed by atoms with van der Waals surface area (Å²) < 4.78 is 47.3. The van der Waals surface area contributed by atoms with Crippen molar-refractivity contribution in [3.8, 4) is 16.9 Å². The number of nitrogens with zero attached hydrogens (tertiary/aromatic N) is 2. The summed E-state index contributed by atoms with van der Waals surface area (Å²) in [6.07, 6.45) is -3.30. The first-order valence-corrected chi connectivity index (χ1v) is 11.7. The molecule has 35 heavy (non-hydrogen) atoms. The molecule has 2 aliphatic heterocycles. The maximum absolute atomic E-state index is 13.4. The lowest BCUT2D eigenvalue weighted by Crippen LogP contribution is -2.45. The van der Waals surface area contributed by atoms with Gasteiger partial charge in [0.15, 0.2) is 0 Å². The normalized spacial score (nSPS) is 16.7. The number of ether oxygens (including phenoxy) is 2. The summed E-state index contributed by atoms with van der Waals surface area (Å²) in [5, 5.41) is 0. The van der Waals surface area contributed by atoms with E-state index < -0.39 is 12.0 Å². The van der Waals surface area contributed by atoms with Crippen LogP contribution in [-0.4, -0.2) is 48.5 Å². The van der Waals surface area contributed by atoms with Crippen LogP contribution < -0.4 is 9.64 Å². The van der Waals surface area contributed by atoms with Crippen molar-refractivity contribution in [1.29, 1.82) is 0 Å². The van der Waals surface area contributed by atoms with Gasteiger partial charge in [-0.25, -0.2) is 4.79 Å². The van der Waals surface area contributed by atoms with Crippen LogP contribution in [0.2, 0.25) is 0 Å². The largest absolute Gasteiger partial charge is 0.573 e. The minimum Gasteiger partial charge on any atom is -0.444 e. The molecule has 0 bridgehead atoms. The van der Waals surface area contributed by atoms with Crippen LogP contribution in [0.25, 0.3) is 11.1 Å². The molecule has 2 aliphatic rings. The third-order valence-electron chi connectivity index (χ3n) is 6.14. The Kier molecular flexibility index (Phi) is 6.71. The summed E-state index contributed by atoms with van der Waals surface area (Å²) in [7, 11) is 0. The average Bonchev–Trinajstić information content (AvgIpc) is 3.20. The van der Waals surface area contributed by atoms with Crippen LogP contribution in [0.1, 0.15) is 39.2 Å². The number of anilines is 1. The van der Waals surface area contributed by atoms with Gasteiger partial charge in [0.2, 0.25) is 5.91 Å². The Morgan fingerprint density at radius 2 is 1.63 bits per heavy atom. The monoisotopic (exact) mass is 490 g/mol. The Hall–Kier alpha value is -3.23. The molecular weight excluding hydrogens is 461 g/mol. The van der Waals surface area contributed by atoms with Crippen LogP contribution >= 0.6 is 0 Å². The van der Waals surface area contributed by atoms with E-state index in [1.54, 1.807) is 15.9 Å². The number of carbonyl (C=O) groups is 2. The number of rotatable bonds is 3. The van der Waals surface area contributed by atoms with Crippen molar-refractivity contribution in [3.63, 3.8) is 0 Å². The molecule has 1 saturated heterocycles. The standard InChI is InChI=1S/C26H29F3N2O4/c1-25(2,3)35-24(33)30-12-9-18(10-13-30)23(32)31-14-11-17-7-8-20(16-22(17)31)19-5-4-6-21(15-19)34-26(27,28)29/h4-8,15-16,18H,9-14H2,1-3H3. The maximum atomic E-state index is 13.4. The predicted octanol–water partition coefficient (Wildman–Crippen LogP) is 5.79. The highest BCUT2D eigenvalue weighted by molar-refractivity contribution is 5.98. The van der Waals surface area contributed by atoms with Crippen LogP contribution in [0.5, 0.6) is 5.75 Å². The van der Waals surface area contributed by atoms with Crippen molar-refractivity contribution >= 4 is 17.7 Å². The lowest BCUT2D eigenvalue weighted by Gasteiger charge is -2.34. The zero-order chi connectivity index (χ0) is 25.4. The molecule has 0 N–H and O–H groups in total. The Morgan fingerprint density at radius 3 is 2.29 bits per heavy atom. The predicted molar refractivity (Wildman–Crippen MR) is 125 cm³/mol. The first-order valence-electron chi connectivity index (χ1n) is 11.7. The van der Waals surface area contributed by atoms with Gasteiger partial charge in [-0.3, -0.25) is 4.79 Å². The quantitative estimate of drug-likeness (QED) is 0.547. The van der Waals surface area contributed by atoms with Crippen molar-refractivity contribution in [1.82, 2.24) is 4.90 Å². The SMILES string of the molecule is CC(C)(C)OC(=O)N1CCC(C(=O)N2CCc3ccc(-c4cccc(OC(F)(F)F)c4)cc32)CC1. The van der Waals surface area contributed by atoms with Crippen molar-refractivity contribution in [2.45, 2.75) is 52.0 Å². The number of piperidine rings is 1. The molecule has 2 amide bonds. The lowest BCUT2D eigenvalue weighted by atomic mass is 9.95. The van der Waals surface area contributed by atoms with Crippen molar-refractivity contribution in [2.75, 3.05) is 24.5 Å². The fourth-order valence-electron chi connectivity index (χ4n) is 4.52. The van der Waals surface area contributed by atoms with Crippen LogP contribution in [0.3, 0.4) is 0 Å². The van der Waals surface area contributed by atoms with Crippen LogP contribution in [0.15, 0.2) is 42.5 Å². The third-order valence-corrected chi connectivity index (χ3v) is 6.14. The van der Waals surface area contributed by atoms with Gasteiger partial charge in [-0.15, -0.1) is 13.2 Å². The number of likely N-dealkylation sites (tertiary alicyclic amines) is 1. The Bertz CT molecular complexity index is 1100. The van der Waals surface area contributed by atoms with E-state index in [1.165, 1.54) is 18.2 Å². The zero-order valence-corrected chi connectivity index (χ0v) is 20.0. The number of halogens is 3. The Balaban J connectivity index is 1.46. The molecule has 0 aliphatic carbocycles. The topological polar surface area (TPSA) is 59.1 Å². The zero-order valence-electron chi connectivity index (χ0n) is 20.0. The third kappa shape index (κ3) is 6.07. The summed E-state index contributed by atoms with van der Waals surface area (Å²) in [6, 6.07) is 11.4. The number of hydrogen-bond acceptors (Lipinski definition) is 4. The second kappa shape index (κ2) is 9.43. The van der Waals surface area contributed by atoms with E-state index >= 15 is 0 Å². The van der Waals surface area contributed by atoms with E-state index in [9.17, 15) is 22.8 Å². The van der Waals surface area contributed by atoms with Gasteiger partial charge in [0.1, 0.15) is 11.4 Å². The van der Waals surface area contributed by atoms with Crippen LogP contribution in [0, 0.1) is 5.92 Å². The van der Waals surface area contributed by atoms with Gasteiger partial charge in [-0.2, -0.15) is 0 Å². The Morgan fingerprint density at radius 1 is 0.943 bits per heavy atom. The fraction of sp³-hybridized carbons (Fsp3) is 0.462. The number of benzene rings is 2. The molecule has 6 nitrogen and oxygen atoms in total. The first-order chi connectivity index (χ1) is 16.4. The maximum Gasteiger partial charge on any atom is 0.573 e. The molecule has 188 valence electrons. The lowest BCUT2D eigenvalue weighted by molar-refractivity contribution is -0.274. The molecule has 4 rings (SSSR count). The molecule has 0 saturated carbocycles. The molecule has 1 fully saturated rings. The van der Waals surface area contributed by atoms with E-state index in [4.69, 9.17) is 4.74 Å². The van der Waals surface area contributed by atoms with E-state index in [0.29, 0.717) is 43.6 Å². The van der Waals surface area contributed by atoms with E-state index in [0.717, 1.165) is 17.7 Å². The molecule has 0 radical (unpaired) electrons. The van der Waals surface area contributed by atoms with E-state index in [2.05, 4.69) is 4.74 Å². The van der Waals surface area contributed by atoms with Gasteiger partial charge in [0, 0.05) is 31.2 Å². The van der Waals surface area contributed by atoms with Crippen LogP contribution in [-0.2, 0) is 16.0 Å². The highest BCUT2D eigenvalue weighted by atomic mass is 19.4. The molecular formula is C26H29F3N2O4. The van der Waals surface area contributed by atoms with Gasteiger partial charge >= 0.3 is 12.5 Å². The summed E-state index contributed by atoms with van der Waals surface area (Å²) in [5.41, 5.74) is 2.51. The van der Waals surface area contributed by atoms with Gasteiger partial charge in [0.05, 0.1) is 0 Å². The molecule has 2 aromatic rings. The highest BCUT2D eigenvalue weighted by Crippen LogP contribution is 2.36. The molecule has 0 spiro atoms. The van der Waals surface area contributed by atoms with Crippen molar-refractivity contribution in [2.24, 2.45) is 5.92 Å². The minimum atomic E-state index is -4.77. The van der Waals surface area contributed by atoms with Crippen molar-refractivity contribution < 1.29 is 32.2 Å². The van der Waals surface area contributed by atoms with E-state index in [-0.39, 0.29) is 23.7 Å². The number of alkyl halides is 3. The molecule has 0 unspecified atom stereocenters. The molecule has 2 aromatic carbocycles. The first kappa shape index (κ1) is 24.9. The molecule has 0 atom stereocenters. The number of amides is 2. The highest BCUT2D eigenvalue weighted by Gasteiger charge is 2.35. The van der Waals surface area contributed by atoms with Gasteiger partial charge in [0.25, 0.3) is 0 Å². The summed E-state index contributed by atoms with van der Waals surface area (Å²) in [5.74, 6) is -0.481. The minimum absolute atomic E-state index is 0.0129. The summed E-state index contributed by atoms with van der Waals surface area (Å²) in [4.78, 5) is 29.1. The number of hydrogen-bond donors (Lipinski definition) is 0. The van der Waals surface area contributed by atoms with Gasteiger partial charge in [-0.1, -0.05) is 24.3 Å². The number of carbonyl (C=O) groups excluding carboxylic acids is 2. The molecule has 2 heterocycles. The van der Waals surface area contributed by atoms with Crippen LogP contribution in [0.4, 0.5) is 23.7 Å². The molecule has 9 heteroatoms. The van der Waals surface area contributed by atoms with Gasteiger partial charge < -0.3 is 19.3 Å².